The van der Waals surface area contributed by atoms with Crippen molar-refractivity contribution in [3.8, 4) is 0 Å². The van der Waals surface area contributed by atoms with Gasteiger partial charge in [0.2, 0.25) is 0 Å². The molecule has 122 valence electrons. The third-order valence-electron chi connectivity index (χ3n) is 4.67. The molecule has 1 saturated carbocycles. The molecule has 2 atom stereocenters. The second kappa shape index (κ2) is 5.53. The van der Waals surface area contributed by atoms with E-state index in [1.807, 2.05) is 0 Å². The van der Waals surface area contributed by atoms with Crippen LogP contribution in [-0.2, 0) is 4.79 Å². The van der Waals surface area contributed by atoms with Crippen molar-refractivity contribution >= 4 is 23.3 Å². The molecule has 0 aromatic heterocycles. The van der Waals surface area contributed by atoms with Crippen molar-refractivity contribution in [3.05, 3.63) is 33.9 Å². The second-order valence-corrected chi connectivity index (χ2v) is 6.19. The number of amides is 1. The zero-order valence-corrected chi connectivity index (χ0v) is 12.3. The number of anilines is 1. The van der Waals surface area contributed by atoms with Crippen molar-refractivity contribution in [1.82, 2.24) is 4.90 Å². The van der Waals surface area contributed by atoms with Gasteiger partial charge in [0.25, 0.3) is 11.6 Å². The first-order valence-corrected chi connectivity index (χ1v) is 7.44. The molecule has 0 radical (unpaired) electrons. The molecule has 1 aromatic rings. The summed E-state index contributed by atoms with van der Waals surface area (Å²) >= 11 is 0. The maximum Gasteiger partial charge on any atom is 0.308 e. The molecule has 0 bridgehead atoms. The first-order valence-electron chi connectivity index (χ1n) is 7.44. The number of nitrogen functional groups attached to an aromatic ring is 1. The van der Waals surface area contributed by atoms with E-state index in [0.717, 1.165) is 18.9 Å². The Kier molecular flexibility index (Phi) is 3.67. The van der Waals surface area contributed by atoms with Crippen LogP contribution in [0.2, 0.25) is 0 Å². The van der Waals surface area contributed by atoms with Gasteiger partial charge < -0.3 is 15.7 Å². The molecule has 2 aliphatic rings. The molecular formula is C15H17N3O5. The molecule has 23 heavy (non-hydrogen) atoms. The number of likely N-dealkylation sites (tertiary alicyclic amines) is 1. The number of nitro benzene ring substituents is 1. The summed E-state index contributed by atoms with van der Waals surface area (Å²) in [5.41, 5.74) is 5.37. The summed E-state index contributed by atoms with van der Waals surface area (Å²) in [6, 6.07) is 3.91. The van der Waals surface area contributed by atoms with E-state index < -0.39 is 16.8 Å². The van der Waals surface area contributed by atoms with E-state index in [2.05, 4.69) is 0 Å². The number of hydrogen-bond acceptors (Lipinski definition) is 5. The lowest BCUT2D eigenvalue weighted by Gasteiger charge is -2.16. The average Bonchev–Trinajstić information content (AvgIpc) is 3.25. The van der Waals surface area contributed by atoms with E-state index in [4.69, 9.17) is 5.73 Å². The summed E-state index contributed by atoms with van der Waals surface area (Å²) in [7, 11) is 0. The topological polar surface area (TPSA) is 127 Å². The third-order valence-corrected chi connectivity index (χ3v) is 4.67. The predicted molar refractivity (Wildman–Crippen MR) is 80.8 cm³/mol. The molecule has 8 heteroatoms. The normalized spacial score (nSPS) is 23.7. The molecule has 2 fully saturated rings. The molecular weight excluding hydrogens is 302 g/mol. The molecule has 3 rings (SSSR count). The number of nitrogens with two attached hydrogens (primary N) is 1. The molecule has 3 N–H and O–H groups in total. The van der Waals surface area contributed by atoms with Gasteiger partial charge in [-0.05, 0) is 36.8 Å². The van der Waals surface area contributed by atoms with Gasteiger partial charge >= 0.3 is 5.97 Å². The van der Waals surface area contributed by atoms with Crippen LogP contribution in [0, 0.1) is 27.9 Å². The molecule has 1 heterocycles. The van der Waals surface area contributed by atoms with Crippen LogP contribution >= 0.6 is 0 Å². The maximum atomic E-state index is 12.6. The number of benzene rings is 1. The summed E-state index contributed by atoms with van der Waals surface area (Å²) in [4.78, 5) is 35.7. The smallest absolute Gasteiger partial charge is 0.308 e. The SMILES string of the molecule is Nc1ccc(C(=O)N2C[C@H](C(=O)O)[C@@H](C3CC3)C2)cc1[N+](=O)[O-]. The van der Waals surface area contributed by atoms with Crippen LogP contribution in [0.1, 0.15) is 23.2 Å². The standard InChI is InChI=1S/C15H17N3O5/c16-12-4-3-9(5-13(12)18(22)23)14(19)17-6-10(8-1-2-8)11(7-17)15(20)21/h3-5,8,10-11H,1-2,6-7,16H2,(H,20,21)/t10-,11+/m1/s1. The first kappa shape index (κ1) is 15.3. The highest BCUT2D eigenvalue weighted by atomic mass is 16.6. The van der Waals surface area contributed by atoms with Gasteiger partial charge in [-0.2, -0.15) is 0 Å². The fraction of sp³-hybridized carbons (Fsp3) is 0.467. The van der Waals surface area contributed by atoms with Crippen LogP contribution in [0.15, 0.2) is 18.2 Å². The zero-order chi connectivity index (χ0) is 16.7. The van der Waals surface area contributed by atoms with Gasteiger partial charge in [-0.25, -0.2) is 0 Å². The van der Waals surface area contributed by atoms with Crippen molar-refractivity contribution in [2.45, 2.75) is 12.8 Å². The fourth-order valence-corrected chi connectivity index (χ4v) is 3.28. The van der Waals surface area contributed by atoms with E-state index in [0.29, 0.717) is 12.5 Å². The Hall–Kier alpha value is -2.64. The molecule has 1 aliphatic carbocycles. The minimum absolute atomic E-state index is 0.00718. The maximum absolute atomic E-state index is 12.6. The van der Waals surface area contributed by atoms with Gasteiger partial charge in [-0.1, -0.05) is 0 Å². The Bertz CT molecular complexity index is 686. The van der Waals surface area contributed by atoms with E-state index in [9.17, 15) is 24.8 Å². The Labute approximate surface area is 132 Å². The quantitative estimate of drug-likeness (QED) is 0.490. The lowest BCUT2D eigenvalue weighted by molar-refractivity contribution is -0.383. The fourth-order valence-electron chi connectivity index (χ4n) is 3.28. The van der Waals surface area contributed by atoms with Gasteiger partial charge in [0.15, 0.2) is 0 Å². The minimum Gasteiger partial charge on any atom is -0.481 e. The summed E-state index contributed by atoms with van der Waals surface area (Å²) in [6.07, 6.45) is 2.01. The van der Waals surface area contributed by atoms with Gasteiger partial charge in [-0.3, -0.25) is 19.7 Å². The van der Waals surface area contributed by atoms with E-state index in [1.165, 1.54) is 17.0 Å². The summed E-state index contributed by atoms with van der Waals surface area (Å²) in [6.45, 7) is 0.534. The second-order valence-electron chi connectivity index (χ2n) is 6.19. The number of nitrogens with zero attached hydrogens (tertiary/aromatic N) is 2. The van der Waals surface area contributed by atoms with Crippen LogP contribution in [0.25, 0.3) is 0 Å². The van der Waals surface area contributed by atoms with Gasteiger partial charge in [0.1, 0.15) is 5.69 Å². The summed E-state index contributed by atoms with van der Waals surface area (Å²) in [5, 5.41) is 20.3. The molecule has 1 aromatic carbocycles. The van der Waals surface area contributed by atoms with Crippen molar-refractivity contribution < 1.29 is 19.6 Å². The monoisotopic (exact) mass is 319 g/mol. The molecule has 8 nitrogen and oxygen atoms in total. The number of nitro groups is 1. The highest BCUT2D eigenvalue weighted by Crippen LogP contribution is 2.44. The number of carboxylic acid groups (broad SMARTS) is 1. The summed E-state index contributed by atoms with van der Waals surface area (Å²) < 4.78 is 0. The molecule has 0 spiro atoms. The number of carboxylic acids is 1. The number of aliphatic carboxylic acids is 1. The number of carbonyl (C=O) groups is 2. The predicted octanol–water partition coefficient (Wildman–Crippen LogP) is 1.36. The van der Waals surface area contributed by atoms with Crippen LogP contribution in [-0.4, -0.2) is 39.9 Å². The molecule has 0 unspecified atom stereocenters. The van der Waals surface area contributed by atoms with Gasteiger partial charge in [-0.15, -0.1) is 0 Å². The van der Waals surface area contributed by atoms with Gasteiger partial charge in [0, 0.05) is 24.7 Å². The lowest BCUT2D eigenvalue weighted by atomic mass is 9.92. The third kappa shape index (κ3) is 2.84. The van der Waals surface area contributed by atoms with Crippen molar-refractivity contribution in [2.75, 3.05) is 18.8 Å². The number of carbonyl (C=O) groups excluding carboxylic acids is 1. The number of rotatable bonds is 4. The van der Waals surface area contributed by atoms with E-state index in [-0.39, 0.29) is 35.3 Å². The van der Waals surface area contributed by atoms with Crippen molar-refractivity contribution in [2.24, 2.45) is 17.8 Å². The molecule has 1 aliphatic heterocycles. The van der Waals surface area contributed by atoms with Crippen molar-refractivity contribution in [3.63, 3.8) is 0 Å². The Morgan fingerprint density at radius 1 is 1.30 bits per heavy atom. The van der Waals surface area contributed by atoms with Crippen LogP contribution < -0.4 is 5.73 Å². The lowest BCUT2D eigenvalue weighted by Crippen LogP contribution is -2.30. The Morgan fingerprint density at radius 3 is 2.57 bits per heavy atom. The van der Waals surface area contributed by atoms with E-state index in [1.54, 1.807) is 0 Å². The minimum atomic E-state index is -0.888. The van der Waals surface area contributed by atoms with Gasteiger partial charge in [0.05, 0.1) is 10.8 Å². The number of hydrogen-bond donors (Lipinski definition) is 2. The van der Waals surface area contributed by atoms with Crippen LogP contribution in [0.3, 0.4) is 0 Å². The van der Waals surface area contributed by atoms with E-state index >= 15 is 0 Å². The van der Waals surface area contributed by atoms with Crippen LogP contribution in [0.4, 0.5) is 11.4 Å². The largest absolute Gasteiger partial charge is 0.481 e. The average molecular weight is 319 g/mol. The zero-order valence-electron chi connectivity index (χ0n) is 12.3. The first-order chi connectivity index (χ1) is 10.9. The Morgan fingerprint density at radius 2 is 2.00 bits per heavy atom. The molecule has 1 saturated heterocycles. The van der Waals surface area contributed by atoms with Crippen molar-refractivity contribution in [1.29, 1.82) is 0 Å². The molecule has 1 amide bonds. The highest BCUT2D eigenvalue weighted by Gasteiger charge is 2.47. The highest BCUT2D eigenvalue weighted by molar-refractivity contribution is 5.96. The Balaban J connectivity index is 1.82. The summed E-state index contributed by atoms with van der Waals surface area (Å²) in [5.74, 6) is -1.49. The van der Waals surface area contributed by atoms with Crippen LogP contribution in [0.5, 0.6) is 0 Å².